The standard InChI is InChI=1S/C13H20N4/c1-9-4-6-17(10(2)7-9)11-3-5-16-12(8-11)13(14)15/h3,5,8-10H,4,6-7H2,1-2H3,(H3,14,15). The van der Waals surface area contributed by atoms with Crippen molar-refractivity contribution >= 4 is 11.5 Å². The molecule has 4 heteroatoms. The van der Waals surface area contributed by atoms with E-state index in [4.69, 9.17) is 11.1 Å². The molecule has 0 amide bonds. The highest BCUT2D eigenvalue weighted by atomic mass is 15.2. The highest BCUT2D eigenvalue weighted by Gasteiger charge is 2.23. The second-order valence-corrected chi connectivity index (χ2v) is 4.98. The number of piperidine rings is 1. The van der Waals surface area contributed by atoms with Crippen molar-refractivity contribution in [2.75, 3.05) is 11.4 Å². The van der Waals surface area contributed by atoms with Gasteiger partial charge in [0, 0.05) is 24.5 Å². The van der Waals surface area contributed by atoms with Crippen LogP contribution in [-0.4, -0.2) is 23.4 Å². The Bertz CT molecular complexity index is 416. The topological polar surface area (TPSA) is 66.0 Å². The fourth-order valence-electron chi connectivity index (χ4n) is 2.54. The number of nitrogens with one attached hydrogen (secondary N) is 1. The molecule has 1 aromatic rings. The maximum atomic E-state index is 7.43. The van der Waals surface area contributed by atoms with Gasteiger partial charge in [0.2, 0.25) is 0 Å². The van der Waals surface area contributed by atoms with Gasteiger partial charge in [0.25, 0.3) is 0 Å². The van der Waals surface area contributed by atoms with Gasteiger partial charge in [-0.15, -0.1) is 0 Å². The Morgan fingerprint density at radius 2 is 2.29 bits per heavy atom. The molecule has 0 spiro atoms. The van der Waals surface area contributed by atoms with E-state index >= 15 is 0 Å². The summed E-state index contributed by atoms with van der Waals surface area (Å²) < 4.78 is 0. The molecule has 17 heavy (non-hydrogen) atoms. The number of hydrogen-bond acceptors (Lipinski definition) is 3. The van der Waals surface area contributed by atoms with Gasteiger partial charge in [0.15, 0.2) is 0 Å². The van der Waals surface area contributed by atoms with Crippen LogP contribution in [0.25, 0.3) is 0 Å². The number of aromatic nitrogens is 1. The first kappa shape index (κ1) is 11.9. The van der Waals surface area contributed by atoms with E-state index in [0.717, 1.165) is 18.2 Å². The van der Waals surface area contributed by atoms with Gasteiger partial charge in [-0.05, 0) is 37.8 Å². The van der Waals surface area contributed by atoms with Gasteiger partial charge in [-0.1, -0.05) is 6.92 Å². The molecule has 1 aliphatic heterocycles. The number of hydrogen-bond donors (Lipinski definition) is 2. The first-order valence-corrected chi connectivity index (χ1v) is 6.15. The van der Waals surface area contributed by atoms with Crippen LogP contribution in [0.5, 0.6) is 0 Å². The van der Waals surface area contributed by atoms with E-state index in [0.29, 0.717) is 11.7 Å². The van der Waals surface area contributed by atoms with Gasteiger partial charge in [-0.3, -0.25) is 10.4 Å². The van der Waals surface area contributed by atoms with E-state index in [1.54, 1.807) is 6.20 Å². The smallest absolute Gasteiger partial charge is 0.141 e. The van der Waals surface area contributed by atoms with Crippen LogP contribution < -0.4 is 10.6 Å². The maximum absolute atomic E-state index is 7.43. The van der Waals surface area contributed by atoms with Crippen molar-refractivity contribution in [3.05, 3.63) is 24.0 Å². The third-order valence-corrected chi connectivity index (χ3v) is 3.49. The fourth-order valence-corrected chi connectivity index (χ4v) is 2.54. The second-order valence-electron chi connectivity index (χ2n) is 4.98. The van der Waals surface area contributed by atoms with Gasteiger partial charge in [0.05, 0.1) is 0 Å². The highest BCUT2D eigenvalue weighted by Crippen LogP contribution is 2.27. The summed E-state index contributed by atoms with van der Waals surface area (Å²) in [6.07, 6.45) is 4.18. The van der Waals surface area contributed by atoms with Crippen LogP contribution in [0, 0.1) is 11.3 Å². The zero-order valence-corrected chi connectivity index (χ0v) is 10.5. The van der Waals surface area contributed by atoms with E-state index in [9.17, 15) is 0 Å². The molecular formula is C13H20N4. The summed E-state index contributed by atoms with van der Waals surface area (Å²) in [6.45, 7) is 5.63. The predicted molar refractivity (Wildman–Crippen MR) is 70.5 cm³/mol. The molecule has 0 aliphatic carbocycles. The number of anilines is 1. The number of pyridine rings is 1. The molecule has 0 saturated carbocycles. The van der Waals surface area contributed by atoms with Crippen molar-refractivity contribution < 1.29 is 0 Å². The van der Waals surface area contributed by atoms with Gasteiger partial charge in [-0.2, -0.15) is 0 Å². The molecule has 0 aromatic carbocycles. The van der Waals surface area contributed by atoms with Gasteiger partial charge >= 0.3 is 0 Å². The van der Waals surface area contributed by atoms with E-state index < -0.39 is 0 Å². The van der Waals surface area contributed by atoms with Crippen LogP contribution in [0.4, 0.5) is 5.69 Å². The van der Waals surface area contributed by atoms with Crippen LogP contribution in [0.1, 0.15) is 32.4 Å². The van der Waals surface area contributed by atoms with Crippen LogP contribution >= 0.6 is 0 Å². The molecule has 2 unspecified atom stereocenters. The fraction of sp³-hybridized carbons (Fsp3) is 0.538. The van der Waals surface area contributed by atoms with Crippen LogP contribution in [-0.2, 0) is 0 Å². The first-order chi connectivity index (χ1) is 8.08. The quantitative estimate of drug-likeness (QED) is 0.605. The lowest BCUT2D eigenvalue weighted by atomic mass is 9.93. The molecule has 0 bridgehead atoms. The van der Waals surface area contributed by atoms with Crippen LogP contribution in [0.15, 0.2) is 18.3 Å². The Labute approximate surface area is 102 Å². The average molecular weight is 232 g/mol. The summed E-state index contributed by atoms with van der Waals surface area (Å²) in [7, 11) is 0. The van der Waals surface area contributed by atoms with E-state index in [2.05, 4.69) is 23.7 Å². The third-order valence-electron chi connectivity index (χ3n) is 3.49. The monoisotopic (exact) mass is 232 g/mol. The predicted octanol–water partition coefficient (Wildman–Crippen LogP) is 1.99. The molecule has 2 atom stereocenters. The maximum Gasteiger partial charge on any atom is 0.141 e. The lowest BCUT2D eigenvalue weighted by Gasteiger charge is -2.38. The molecule has 1 fully saturated rings. The van der Waals surface area contributed by atoms with Crippen molar-refractivity contribution in [1.82, 2.24) is 4.98 Å². The number of amidine groups is 1. The largest absolute Gasteiger partial charge is 0.382 e. The number of nitrogen functional groups attached to an aromatic ring is 1. The molecular weight excluding hydrogens is 212 g/mol. The normalized spacial score (nSPS) is 24.7. The van der Waals surface area contributed by atoms with Gasteiger partial charge < -0.3 is 10.6 Å². The number of rotatable bonds is 2. The number of nitrogens with zero attached hydrogens (tertiary/aromatic N) is 2. The molecule has 2 rings (SSSR count). The minimum absolute atomic E-state index is 0.0323. The number of nitrogens with two attached hydrogens (primary N) is 1. The van der Waals surface area contributed by atoms with Gasteiger partial charge in [0.1, 0.15) is 11.5 Å². The Morgan fingerprint density at radius 3 is 2.94 bits per heavy atom. The SMILES string of the molecule is CC1CCN(c2ccnc(C(=N)N)c2)C(C)C1. The van der Waals surface area contributed by atoms with Gasteiger partial charge in [-0.25, -0.2) is 0 Å². The van der Waals surface area contributed by atoms with Crippen molar-refractivity contribution in [1.29, 1.82) is 5.41 Å². The van der Waals surface area contributed by atoms with Crippen molar-refractivity contribution in [2.45, 2.75) is 32.7 Å². The lowest BCUT2D eigenvalue weighted by molar-refractivity contribution is 0.378. The Hall–Kier alpha value is -1.58. The van der Waals surface area contributed by atoms with Crippen molar-refractivity contribution in [3.8, 4) is 0 Å². The molecule has 0 radical (unpaired) electrons. The van der Waals surface area contributed by atoms with Crippen molar-refractivity contribution in [2.24, 2.45) is 11.7 Å². The lowest BCUT2D eigenvalue weighted by Crippen LogP contribution is -2.40. The molecule has 92 valence electrons. The van der Waals surface area contributed by atoms with E-state index in [1.165, 1.54) is 12.8 Å². The average Bonchev–Trinajstić information content (AvgIpc) is 2.29. The zero-order chi connectivity index (χ0) is 12.4. The van der Waals surface area contributed by atoms with Crippen molar-refractivity contribution in [3.63, 3.8) is 0 Å². The van der Waals surface area contributed by atoms with E-state index in [-0.39, 0.29) is 5.84 Å². The molecule has 1 aromatic heterocycles. The molecule has 2 heterocycles. The summed E-state index contributed by atoms with van der Waals surface area (Å²) in [4.78, 5) is 6.48. The molecule has 4 nitrogen and oxygen atoms in total. The zero-order valence-electron chi connectivity index (χ0n) is 10.5. The molecule has 3 N–H and O–H groups in total. The first-order valence-electron chi connectivity index (χ1n) is 6.15. The highest BCUT2D eigenvalue weighted by molar-refractivity contribution is 5.93. The third kappa shape index (κ3) is 2.57. The van der Waals surface area contributed by atoms with E-state index in [1.807, 2.05) is 12.1 Å². The summed E-state index contributed by atoms with van der Waals surface area (Å²) in [5.41, 5.74) is 7.16. The minimum atomic E-state index is 0.0323. The summed E-state index contributed by atoms with van der Waals surface area (Å²) in [6, 6.07) is 4.45. The second kappa shape index (κ2) is 4.73. The summed E-state index contributed by atoms with van der Waals surface area (Å²) >= 11 is 0. The Kier molecular flexibility index (Phi) is 3.31. The molecule has 1 saturated heterocycles. The van der Waals surface area contributed by atoms with Crippen LogP contribution in [0.3, 0.4) is 0 Å². The van der Waals surface area contributed by atoms with Crippen LogP contribution in [0.2, 0.25) is 0 Å². The molecule has 1 aliphatic rings. The summed E-state index contributed by atoms with van der Waals surface area (Å²) in [5, 5.41) is 7.43. The Balaban J connectivity index is 2.22. The minimum Gasteiger partial charge on any atom is -0.382 e. The Morgan fingerprint density at radius 1 is 1.53 bits per heavy atom. The summed E-state index contributed by atoms with van der Waals surface area (Å²) in [5.74, 6) is 0.834.